The number of aliphatic hydroxyl groups is 2. The molecule has 1 unspecified atom stereocenters. The van der Waals surface area contributed by atoms with E-state index in [1.54, 1.807) is 0 Å². The Morgan fingerprint density at radius 3 is 1.37 bits per heavy atom. The largest absolute Gasteiger partial charge is 1.00 e. The summed E-state index contributed by atoms with van der Waals surface area (Å²) >= 11 is 0. The molecule has 16 heteroatoms. The van der Waals surface area contributed by atoms with Crippen LogP contribution >= 0.6 is 7.82 Å². The van der Waals surface area contributed by atoms with Crippen molar-refractivity contribution in [3.8, 4) is 0 Å². The smallest absolute Gasteiger partial charge is 0.790 e. The summed E-state index contributed by atoms with van der Waals surface area (Å²) < 4.78 is 13.3. The van der Waals surface area contributed by atoms with Crippen LogP contribution in [0.3, 0.4) is 0 Å². The number of rotatable bonds is 4. The molecular formula is C3H21Na2O13P. The number of hydrogen-bond donors (Lipinski definition) is 2. The third kappa shape index (κ3) is 65.5. The van der Waals surface area contributed by atoms with E-state index in [1.807, 2.05) is 0 Å². The van der Waals surface area contributed by atoms with E-state index in [9.17, 15) is 14.4 Å². The first-order valence-electron chi connectivity index (χ1n) is 2.41. The van der Waals surface area contributed by atoms with Crippen molar-refractivity contribution in [3.05, 3.63) is 0 Å². The van der Waals surface area contributed by atoms with Crippen LogP contribution in [0.2, 0.25) is 0 Å². The molecule has 0 amide bonds. The van der Waals surface area contributed by atoms with Crippen LogP contribution in [0.1, 0.15) is 0 Å². The maximum Gasteiger partial charge on any atom is 1.00 e. The Morgan fingerprint density at radius 1 is 0.947 bits per heavy atom. The Hall–Kier alpha value is 1.75. The molecule has 13 nitrogen and oxygen atoms in total. The molecule has 0 bridgehead atoms. The average Bonchev–Trinajstić information content (AvgIpc) is 1.81. The minimum absolute atomic E-state index is 0. The van der Waals surface area contributed by atoms with Gasteiger partial charge in [-0.2, -0.15) is 0 Å². The van der Waals surface area contributed by atoms with Crippen molar-refractivity contribution >= 4 is 7.82 Å². The topological polar surface area (TPSA) is 333 Å². The van der Waals surface area contributed by atoms with Gasteiger partial charge in [-0.3, -0.25) is 0 Å². The Labute approximate surface area is 153 Å². The third-order valence-corrected chi connectivity index (χ3v) is 1.10. The molecule has 0 aliphatic heterocycles. The van der Waals surface area contributed by atoms with E-state index in [1.165, 1.54) is 0 Å². The monoisotopic (exact) mass is 342 g/mol. The summed E-state index contributed by atoms with van der Waals surface area (Å²) in [7, 11) is -5.00. The molecule has 1 atom stereocenters. The molecule has 19 heavy (non-hydrogen) atoms. The quantitative estimate of drug-likeness (QED) is 0.368. The Balaban J connectivity index is -0.0000000112. The van der Waals surface area contributed by atoms with Crippen LogP contribution in [0.25, 0.3) is 0 Å². The minimum Gasteiger partial charge on any atom is -0.790 e. The van der Waals surface area contributed by atoms with Crippen molar-refractivity contribution in [1.82, 2.24) is 0 Å². The van der Waals surface area contributed by atoms with Crippen LogP contribution in [-0.2, 0) is 9.09 Å². The van der Waals surface area contributed by atoms with E-state index in [0.717, 1.165) is 0 Å². The van der Waals surface area contributed by atoms with Gasteiger partial charge >= 0.3 is 59.1 Å². The first kappa shape index (κ1) is 70.0. The zero-order valence-corrected chi connectivity index (χ0v) is 15.4. The molecule has 0 aromatic rings. The van der Waals surface area contributed by atoms with Gasteiger partial charge in [-0.25, -0.2) is 0 Å². The van der Waals surface area contributed by atoms with Crippen molar-refractivity contribution in [3.63, 3.8) is 0 Å². The second-order valence-corrected chi connectivity index (χ2v) is 2.73. The molecule has 0 aromatic carbocycles. The van der Waals surface area contributed by atoms with Gasteiger partial charge in [0, 0.05) is 0 Å². The second kappa shape index (κ2) is 36.7. The van der Waals surface area contributed by atoms with Crippen molar-refractivity contribution < 1.29 is 127 Å². The minimum atomic E-state index is -5.00. The van der Waals surface area contributed by atoms with Crippen LogP contribution < -0.4 is 68.9 Å². The SMILES string of the molecule is O.O.O.O.O.O.O.O=P([O-])([O-])OCC(O)CO.[Na+].[Na+]. The molecule has 0 saturated heterocycles. The van der Waals surface area contributed by atoms with Crippen molar-refractivity contribution in [1.29, 1.82) is 0 Å². The van der Waals surface area contributed by atoms with E-state index >= 15 is 0 Å². The van der Waals surface area contributed by atoms with Gasteiger partial charge in [0.2, 0.25) is 0 Å². The fourth-order valence-corrected chi connectivity index (χ4v) is 0.585. The van der Waals surface area contributed by atoms with E-state index in [2.05, 4.69) is 4.52 Å². The van der Waals surface area contributed by atoms with Gasteiger partial charge in [-0.1, -0.05) is 0 Å². The van der Waals surface area contributed by atoms with Gasteiger partial charge in [0.05, 0.1) is 21.0 Å². The molecule has 0 aliphatic carbocycles. The normalized spacial score (nSPS) is 8.00. The molecule has 0 fully saturated rings. The third-order valence-electron chi connectivity index (χ3n) is 0.636. The zero-order valence-electron chi connectivity index (χ0n) is 10.5. The van der Waals surface area contributed by atoms with E-state index in [0.29, 0.717) is 0 Å². The zero-order chi connectivity index (χ0) is 8.20. The van der Waals surface area contributed by atoms with Crippen LogP contribution in [0.5, 0.6) is 0 Å². The molecular weight excluding hydrogens is 321 g/mol. The summed E-state index contributed by atoms with van der Waals surface area (Å²) in [6, 6.07) is 0. The molecule has 0 heterocycles. The summed E-state index contributed by atoms with van der Waals surface area (Å²) in [6.45, 7) is -1.33. The van der Waals surface area contributed by atoms with Crippen molar-refractivity contribution in [2.75, 3.05) is 13.2 Å². The van der Waals surface area contributed by atoms with Crippen LogP contribution in [0, 0.1) is 0 Å². The van der Waals surface area contributed by atoms with Gasteiger partial charge in [0.1, 0.15) is 6.10 Å². The molecule has 0 spiro atoms. The van der Waals surface area contributed by atoms with Crippen LogP contribution in [-0.4, -0.2) is 67.9 Å². The average molecular weight is 342 g/mol. The molecule has 0 saturated carbocycles. The fourth-order valence-electron chi connectivity index (χ4n) is 0.230. The molecule has 0 rings (SSSR count). The Bertz CT molecular complexity index is 142. The molecule has 0 aliphatic rings. The maximum atomic E-state index is 9.71. The summed E-state index contributed by atoms with van der Waals surface area (Å²) in [4.78, 5) is 19.4. The summed E-state index contributed by atoms with van der Waals surface area (Å²) in [6.07, 6.45) is -1.32. The summed E-state index contributed by atoms with van der Waals surface area (Å²) in [5.41, 5.74) is 0. The first-order chi connectivity index (χ1) is 4.45. The summed E-state index contributed by atoms with van der Waals surface area (Å²) in [5.74, 6) is 0. The summed E-state index contributed by atoms with van der Waals surface area (Å²) in [5, 5.41) is 16.6. The number of aliphatic hydroxyl groups excluding tert-OH is 2. The van der Waals surface area contributed by atoms with Crippen molar-refractivity contribution in [2.24, 2.45) is 0 Å². The number of phosphoric acid groups is 1. The van der Waals surface area contributed by atoms with Crippen LogP contribution in [0.15, 0.2) is 0 Å². The van der Waals surface area contributed by atoms with E-state index < -0.39 is 27.1 Å². The van der Waals surface area contributed by atoms with Crippen molar-refractivity contribution in [2.45, 2.75) is 6.10 Å². The molecule has 0 aromatic heterocycles. The maximum absolute atomic E-state index is 9.71. The molecule has 0 radical (unpaired) electrons. The predicted molar refractivity (Wildman–Crippen MR) is 51.9 cm³/mol. The molecule has 16 N–H and O–H groups in total. The van der Waals surface area contributed by atoms with Crippen LogP contribution in [0.4, 0.5) is 0 Å². The Morgan fingerprint density at radius 2 is 1.21 bits per heavy atom. The first-order valence-corrected chi connectivity index (χ1v) is 3.87. The number of hydrogen-bond acceptors (Lipinski definition) is 6. The van der Waals surface area contributed by atoms with E-state index in [-0.39, 0.29) is 97.4 Å². The standard InChI is InChI=1S/C3H9O6P.2Na.7H2O/c4-1-3(5)2-9-10(6,7)8;;;;;;;;;/h3-5H,1-2H2,(H2,6,7,8);;;7*1H2/q;2*+1;;;;;;;/p-2. The second-order valence-electron chi connectivity index (χ2n) is 1.58. The van der Waals surface area contributed by atoms with Gasteiger partial charge < -0.3 is 67.4 Å². The van der Waals surface area contributed by atoms with Gasteiger partial charge in [0.15, 0.2) is 0 Å². The van der Waals surface area contributed by atoms with Gasteiger partial charge in [-0.15, -0.1) is 0 Å². The Kier molecular flexibility index (Phi) is 135. The van der Waals surface area contributed by atoms with Gasteiger partial charge in [0.25, 0.3) is 0 Å². The molecule has 118 valence electrons. The predicted octanol–water partition coefficient (Wildman–Crippen LogP) is -14.6. The van der Waals surface area contributed by atoms with Gasteiger partial charge in [-0.05, 0) is 0 Å². The van der Waals surface area contributed by atoms with E-state index in [4.69, 9.17) is 10.2 Å². The number of phosphoric ester groups is 1. The fraction of sp³-hybridized carbons (Fsp3) is 1.00.